The molecule has 0 bridgehead atoms. The van der Waals surface area contributed by atoms with E-state index in [1.807, 2.05) is 47.2 Å². The highest BCUT2D eigenvalue weighted by Crippen LogP contribution is 2.38. The van der Waals surface area contributed by atoms with Crippen LogP contribution in [0.5, 0.6) is 11.5 Å². The molecule has 7 heteroatoms. The summed E-state index contributed by atoms with van der Waals surface area (Å²) in [4.78, 5) is 17.0. The number of aromatic nitrogens is 2. The molecule has 0 aliphatic carbocycles. The number of nitriles is 1. The highest BCUT2D eigenvalue weighted by atomic mass is 16.5. The number of carbonyl (C=O) groups excluding carboxylic acids is 1. The predicted molar refractivity (Wildman–Crippen MR) is 119 cm³/mol. The van der Waals surface area contributed by atoms with Crippen molar-refractivity contribution in [2.45, 2.75) is 37.6 Å². The Morgan fingerprint density at radius 1 is 1.25 bits per heavy atom. The molecule has 2 aromatic carbocycles. The van der Waals surface area contributed by atoms with Gasteiger partial charge in [0.05, 0.1) is 17.3 Å². The van der Waals surface area contributed by atoms with Gasteiger partial charge in [0.1, 0.15) is 17.6 Å². The van der Waals surface area contributed by atoms with E-state index in [1.54, 1.807) is 18.6 Å². The average Bonchev–Trinajstić information content (AvgIpc) is 3.24. The highest BCUT2D eigenvalue weighted by molar-refractivity contribution is 5.88. The fraction of sp³-hybridized carbons (Fsp3) is 0.320. The summed E-state index contributed by atoms with van der Waals surface area (Å²) in [5, 5.41) is 22.3. The zero-order valence-electron chi connectivity index (χ0n) is 17.8. The van der Waals surface area contributed by atoms with Gasteiger partial charge in [-0.15, -0.1) is 0 Å². The molecule has 3 aromatic rings. The molecule has 164 valence electrons. The number of aliphatic hydroxyl groups excluding tert-OH is 1. The van der Waals surface area contributed by atoms with Gasteiger partial charge in [-0.25, -0.2) is 4.98 Å². The third-order valence-corrected chi connectivity index (χ3v) is 5.99. The second kappa shape index (κ2) is 9.67. The number of hydrogen-bond acceptors (Lipinski definition) is 5. The minimum Gasteiger partial charge on any atom is -0.456 e. The van der Waals surface area contributed by atoms with Crippen molar-refractivity contribution in [3.05, 3.63) is 77.9 Å². The molecule has 1 saturated heterocycles. The molecule has 2 N–H and O–H groups in total. The van der Waals surface area contributed by atoms with Crippen molar-refractivity contribution in [3.8, 4) is 17.6 Å². The van der Waals surface area contributed by atoms with Crippen molar-refractivity contribution in [1.29, 1.82) is 5.26 Å². The van der Waals surface area contributed by atoms with E-state index in [-0.39, 0.29) is 12.5 Å². The quantitative estimate of drug-likeness (QED) is 0.597. The van der Waals surface area contributed by atoms with Crippen LogP contribution in [0.3, 0.4) is 0 Å². The van der Waals surface area contributed by atoms with E-state index >= 15 is 0 Å². The molecular formula is C25H26N4O3. The molecule has 1 aliphatic heterocycles. The van der Waals surface area contributed by atoms with Crippen LogP contribution in [0.25, 0.3) is 0 Å². The summed E-state index contributed by atoms with van der Waals surface area (Å²) in [6.45, 7) is 1.19. The first-order valence-electron chi connectivity index (χ1n) is 10.8. The number of imidazole rings is 1. The van der Waals surface area contributed by atoms with E-state index in [2.05, 4.69) is 16.4 Å². The molecule has 1 atom stereocenters. The standard InChI is InChI=1S/C25H26N4O3/c26-16-20-7-6-19(17-29-12-11-27-18-29)14-23(20)32-22-5-3-4-21(15-22)25(9-13-30)8-1-2-10-28-24(25)31/h3-7,11-12,14-15,18,30H,1-2,8-10,13,17H2,(H,28,31). The molecule has 0 spiro atoms. The summed E-state index contributed by atoms with van der Waals surface area (Å²) in [6.07, 6.45) is 8.18. The monoisotopic (exact) mass is 430 g/mol. The van der Waals surface area contributed by atoms with E-state index < -0.39 is 5.41 Å². The number of amides is 1. The first kappa shape index (κ1) is 21.6. The molecule has 1 aliphatic rings. The maximum Gasteiger partial charge on any atom is 0.230 e. The van der Waals surface area contributed by atoms with Crippen LogP contribution in [-0.4, -0.2) is 33.7 Å². The van der Waals surface area contributed by atoms with Crippen LogP contribution in [-0.2, 0) is 16.8 Å². The Morgan fingerprint density at radius 2 is 2.16 bits per heavy atom. The highest BCUT2D eigenvalue weighted by Gasteiger charge is 2.40. The van der Waals surface area contributed by atoms with E-state index in [0.29, 0.717) is 43.0 Å². The fourth-order valence-corrected chi connectivity index (χ4v) is 4.30. The average molecular weight is 431 g/mol. The van der Waals surface area contributed by atoms with Crippen LogP contribution in [0.4, 0.5) is 0 Å². The summed E-state index contributed by atoms with van der Waals surface area (Å²) < 4.78 is 8.08. The van der Waals surface area contributed by atoms with Crippen molar-refractivity contribution < 1.29 is 14.6 Å². The molecule has 1 unspecified atom stereocenters. The molecule has 0 radical (unpaired) electrons. The molecule has 7 nitrogen and oxygen atoms in total. The van der Waals surface area contributed by atoms with Gasteiger partial charge >= 0.3 is 0 Å². The number of aliphatic hydroxyl groups is 1. The van der Waals surface area contributed by atoms with Gasteiger partial charge < -0.3 is 19.7 Å². The van der Waals surface area contributed by atoms with Gasteiger partial charge in [-0.2, -0.15) is 5.26 Å². The molecule has 1 aromatic heterocycles. The van der Waals surface area contributed by atoms with E-state index in [1.165, 1.54) is 0 Å². The number of nitrogens with zero attached hydrogens (tertiary/aromatic N) is 3. The topological polar surface area (TPSA) is 100 Å². The van der Waals surface area contributed by atoms with Crippen LogP contribution < -0.4 is 10.1 Å². The molecule has 2 heterocycles. The largest absolute Gasteiger partial charge is 0.456 e. The van der Waals surface area contributed by atoms with Gasteiger partial charge in [0.15, 0.2) is 0 Å². The number of nitrogens with one attached hydrogen (secondary N) is 1. The molecular weight excluding hydrogens is 404 g/mol. The smallest absolute Gasteiger partial charge is 0.230 e. The van der Waals surface area contributed by atoms with E-state index in [9.17, 15) is 15.2 Å². The van der Waals surface area contributed by atoms with Crippen molar-refractivity contribution in [1.82, 2.24) is 14.9 Å². The zero-order valence-corrected chi connectivity index (χ0v) is 17.8. The van der Waals surface area contributed by atoms with Crippen LogP contribution in [0, 0.1) is 11.3 Å². The second-order valence-electron chi connectivity index (χ2n) is 8.08. The van der Waals surface area contributed by atoms with Crippen molar-refractivity contribution in [2.24, 2.45) is 0 Å². The maximum absolute atomic E-state index is 13.0. The predicted octanol–water partition coefficient (Wildman–Crippen LogP) is 3.52. The Balaban J connectivity index is 1.65. The lowest BCUT2D eigenvalue weighted by Crippen LogP contribution is -2.43. The SMILES string of the molecule is N#Cc1ccc(Cn2ccnc2)cc1Oc1cccc(C2(CCO)CCCCNC2=O)c1. The number of rotatable bonds is 7. The van der Waals surface area contributed by atoms with Gasteiger partial charge in [0.2, 0.25) is 5.91 Å². The summed E-state index contributed by atoms with van der Waals surface area (Å²) in [5.74, 6) is 0.957. The van der Waals surface area contributed by atoms with Gasteiger partial charge in [0.25, 0.3) is 0 Å². The van der Waals surface area contributed by atoms with E-state index in [0.717, 1.165) is 24.0 Å². The van der Waals surface area contributed by atoms with Gasteiger partial charge in [-0.05, 0) is 54.7 Å². The number of carbonyl (C=O) groups is 1. The number of ether oxygens (including phenoxy) is 1. The van der Waals surface area contributed by atoms with Gasteiger partial charge in [0, 0.05) is 32.1 Å². The number of hydrogen-bond donors (Lipinski definition) is 2. The minimum atomic E-state index is -0.786. The fourth-order valence-electron chi connectivity index (χ4n) is 4.30. The van der Waals surface area contributed by atoms with Crippen LogP contribution in [0.2, 0.25) is 0 Å². The normalized spacial score (nSPS) is 18.4. The van der Waals surface area contributed by atoms with Crippen LogP contribution >= 0.6 is 0 Å². The summed E-state index contributed by atoms with van der Waals surface area (Å²) in [5.41, 5.74) is 1.44. The minimum absolute atomic E-state index is 0.0544. The maximum atomic E-state index is 13.0. The third kappa shape index (κ3) is 4.51. The second-order valence-corrected chi connectivity index (χ2v) is 8.08. The first-order chi connectivity index (χ1) is 15.6. The van der Waals surface area contributed by atoms with Gasteiger partial charge in [-0.1, -0.05) is 24.6 Å². The lowest BCUT2D eigenvalue weighted by Gasteiger charge is -2.31. The molecule has 0 saturated carbocycles. The van der Waals surface area contributed by atoms with Crippen LogP contribution in [0.1, 0.15) is 42.4 Å². The molecule has 32 heavy (non-hydrogen) atoms. The van der Waals surface area contributed by atoms with E-state index in [4.69, 9.17) is 4.74 Å². The molecule has 1 amide bonds. The van der Waals surface area contributed by atoms with Crippen molar-refractivity contribution in [2.75, 3.05) is 13.2 Å². The summed E-state index contributed by atoms with van der Waals surface area (Å²) in [7, 11) is 0. The zero-order chi connectivity index (χ0) is 22.4. The lowest BCUT2D eigenvalue weighted by molar-refractivity contribution is -0.127. The van der Waals surface area contributed by atoms with Crippen LogP contribution in [0.15, 0.2) is 61.2 Å². The van der Waals surface area contributed by atoms with Crippen molar-refractivity contribution in [3.63, 3.8) is 0 Å². The Morgan fingerprint density at radius 3 is 2.94 bits per heavy atom. The Kier molecular flexibility index (Phi) is 6.52. The Bertz CT molecular complexity index is 1120. The Hall–Kier alpha value is -3.63. The Labute approximate surface area is 187 Å². The first-order valence-corrected chi connectivity index (χ1v) is 10.8. The van der Waals surface area contributed by atoms with Crippen molar-refractivity contribution >= 4 is 5.91 Å². The molecule has 4 rings (SSSR count). The molecule has 1 fully saturated rings. The summed E-state index contributed by atoms with van der Waals surface area (Å²) in [6, 6.07) is 15.1. The number of benzene rings is 2. The summed E-state index contributed by atoms with van der Waals surface area (Å²) >= 11 is 0. The third-order valence-electron chi connectivity index (χ3n) is 5.99. The van der Waals surface area contributed by atoms with Gasteiger partial charge in [-0.3, -0.25) is 4.79 Å². The lowest BCUT2D eigenvalue weighted by atomic mass is 9.73.